The van der Waals surface area contributed by atoms with Gasteiger partial charge in [0.15, 0.2) is 0 Å². The summed E-state index contributed by atoms with van der Waals surface area (Å²) in [6.07, 6.45) is 3.22. The molecule has 0 spiro atoms. The van der Waals surface area contributed by atoms with Crippen molar-refractivity contribution in [3.05, 3.63) is 72.1 Å². The Balaban J connectivity index is 1.57. The van der Waals surface area contributed by atoms with Crippen LogP contribution in [-0.2, 0) is 0 Å². The van der Waals surface area contributed by atoms with E-state index in [9.17, 15) is 0 Å². The molecule has 2 aromatic heterocycles. The first-order valence-corrected chi connectivity index (χ1v) is 10.2. The van der Waals surface area contributed by atoms with Crippen molar-refractivity contribution < 1.29 is 9.47 Å². The average molecular weight is 444 g/mol. The van der Waals surface area contributed by atoms with Crippen LogP contribution in [-0.4, -0.2) is 34.2 Å². The van der Waals surface area contributed by atoms with Crippen molar-refractivity contribution in [2.45, 2.75) is 0 Å². The minimum atomic E-state index is 0.580. The summed E-state index contributed by atoms with van der Waals surface area (Å²) in [4.78, 5) is 18.0. The minimum absolute atomic E-state index is 0.580. The molecule has 5 rings (SSSR count). The molecule has 0 aliphatic heterocycles. The molecule has 0 atom stereocenters. The zero-order chi connectivity index (χ0) is 22.1. The van der Waals surface area contributed by atoms with Crippen LogP contribution in [0.1, 0.15) is 0 Å². The molecule has 0 aliphatic carbocycles. The predicted octanol–water partition coefficient (Wildman–Crippen LogP) is 5.65. The number of nitrogens with zero attached hydrogens (tertiary/aromatic N) is 4. The average Bonchev–Trinajstić information content (AvgIpc) is 2.84. The molecule has 3 aromatic carbocycles. The van der Waals surface area contributed by atoms with Crippen LogP contribution in [0, 0.1) is 0 Å². The number of nitrogens with one attached hydrogen (secondary N) is 1. The van der Waals surface area contributed by atoms with Crippen molar-refractivity contribution in [3.63, 3.8) is 0 Å². The number of anilines is 2. The first-order chi connectivity index (χ1) is 15.7. The number of rotatable bonds is 5. The van der Waals surface area contributed by atoms with Gasteiger partial charge in [-0.15, -0.1) is 0 Å². The van der Waals surface area contributed by atoms with Crippen molar-refractivity contribution in [2.75, 3.05) is 19.5 Å². The third-order valence-corrected chi connectivity index (χ3v) is 5.42. The Kier molecular flexibility index (Phi) is 5.17. The second-order valence-electron chi connectivity index (χ2n) is 7.01. The Morgan fingerprint density at radius 3 is 2.53 bits per heavy atom. The number of aromatic nitrogens is 4. The van der Waals surface area contributed by atoms with E-state index in [2.05, 4.69) is 20.3 Å². The summed E-state index contributed by atoms with van der Waals surface area (Å²) in [7, 11) is 3.20. The molecule has 0 aliphatic rings. The zero-order valence-corrected chi connectivity index (χ0v) is 18.1. The molecule has 1 N–H and O–H groups in total. The quantitative estimate of drug-likeness (QED) is 0.375. The molecule has 5 aromatic rings. The molecule has 0 saturated heterocycles. The summed E-state index contributed by atoms with van der Waals surface area (Å²) >= 11 is 6.50. The number of fused-ring (bicyclic) bond motifs is 2. The SMILES string of the molecule is COc1cc(OC)c2ncnc(Nc3ccc(Cl)c(-c4cnc5ccccc5n4)c3)c2c1. The fourth-order valence-corrected chi connectivity index (χ4v) is 3.72. The number of methoxy groups -OCH3 is 2. The summed E-state index contributed by atoms with van der Waals surface area (Å²) in [6.45, 7) is 0. The van der Waals surface area contributed by atoms with Gasteiger partial charge in [-0.25, -0.2) is 15.0 Å². The third-order valence-electron chi connectivity index (χ3n) is 5.09. The number of benzene rings is 3. The highest BCUT2D eigenvalue weighted by Crippen LogP contribution is 2.35. The molecule has 0 radical (unpaired) electrons. The molecule has 8 heteroatoms. The molecular formula is C24H18ClN5O2. The van der Waals surface area contributed by atoms with Gasteiger partial charge in [-0.2, -0.15) is 0 Å². The lowest BCUT2D eigenvalue weighted by atomic mass is 10.1. The molecular weight excluding hydrogens is 426 g/mol. The van der Waals surface area contributed by atoms with Gasteiger partial charge in [0.05, 0.1) is 47.6 Å². The summed E-state index contributed by atoms with van der Waals surface area (Å²) in [6, 6.07) is 17.0. The lowest BCUT2D eigenvalue weighted by Gasteiger charge is -2.13. The van der Waals surface area contributed by atoms with Crippen molar-refractivity contribution in [3.8, 4) is 22.8 Å². The van der Waals surface area contributed by atoms with Gasteiger partial charge in [0.1, 0.15) is 29.2 Å². The van der Waals surface area contributed by atoms with Gasteiger partial charge >= 0.3 is 0 Å². The van der Waals surface area contributed by atoms with Crippen LogP contribution < -0.4 is 14.8 Å². The Morgan fingerprint density at radius 2 is 1.72 bits per heavy atom. The van der Waals surface area contributed by atoms with E-state index < -0.39 is 0 Å². The summed E-state index contributed by atoms with van der Waals surface area (Å²) in [5.74, 6) is 1.87. The number of para-hydroxylation sites is 2. The van der Waals surface area contributed by atoms with Gasteiger partial charge in [-0.3, -0.25) is 4.98 Å². The number of hydrogen-bond donors (Lipinski definition) is 1. The summed E-state index contributed by atoms with van der Waals surface area (Å²) < 4.78 is 10.9. The van der Waals surface area contributed by atoms with E-state index in [1.165, 1.54) is 6.33 Å². The van der Waals surface area contributed by atoms with Crippen LogP contribution in [0.2, 0.25) is 5.02 Å². The van der Waals surface area contributed by atoms with Gasteiger partial charge < -0.3 is 14.8 Å². The standard InChI is InChI=1S/C24H18ClN5O2/c1-31-15-10-17-23(22(11-15)32-2)27-13-28-24(17)29-14-7-8-18(25)16(9-14)21-12-26-19-5-3-4-6-20(19)30-21/h3-13H,1-2H3,(H,27,28,29). The minimum Gasteiger partial charge on any atom is -0.497 e. The van der Waals surface area contributed by atoms with Crippen molar-refractivity contribution in [2.24, 2.45) is 0 Å². The van der Waals surface area contributed by atoms with E-state index >= 15 is 0 Å². The maximum absolute atomic E-state index is 6.50. The summed E-state index contributed by atoms with van der Waals surface area (Å²) in [5.41, 5.74) is 4.57. The highest BCUT2D eigenvalue weighted by atomic mass is 35.5. The van der Waals surface area contributed by atoms with Crippen LogP contribution in [0.3, 0.4) is 0 Å². The fourth-order valence-electron chi connectivity index (χ4n) is 3.51. The maximum Gasteiger partial charge on any atom is 0.148 e. The van der Waals surface area contributed by atoms with Crippen LogP contribution in [0.5, 0.6) is 11.5 Å². The van der Waals surface area contributed by atoms with Gasteiger partial charge in [-0.05, 0) is 36.4 Å². The van der Waals surface area contributed by atoms with Crippen LogP contribution in [0.4, 0.5) is 11.5 Å². The van der Waals surface area contributed by atoms with Crippen molar-refractivity contribution in [1.29, 1.82) is 0 Å². The molecule has 0 fully saturated rings. The highest BCUT2D eigenvalue weighted by Gasteiger charge is 2.13. The Labute approximate surface area is 189 Å². The first kappa shape index (κ1) is 20.0. The van der Waals surface area contributed by atoms with Gasteiger partial charge in [0.2, 0.25) is 0 Å². The molecule has 0 amide bonds. The van der Waals surface area contributed by atoms with E-state index in [0.29, 0.717) is 33.6 Å². The van der Waals surface area contributed by atoms with E-state index in [0.717, 1.165) is 27.7 Å². The maximum atomic E-state index is 6.50. The zero-order valence-electron chi connectivity index (χ0n) is 17.3. The topological polar surface area (TPSA) is 82.0 Å². The highest BCUT2D eigenvalue weighted by molar-refractivity contribution is 6.33. The Hall–Kier alpha value is -3.97. The molecule has 7 nitrogen and oxygen atoms in total. The molecule has 32 heavy (non-hydrogen) atoms. The predicted molar refractivity (Wildman–Crippen MR) is 126 cm³/mol. The smallest absolute Gasteiger partial charge is 0.148 e. The molecule has 0 unspecified atom stereocenters. The number of halogens is 1. The lowest BCUT2D eigenvalue weighted by molar-refractivity contribution is 0.397. The van der Waals surface area contributed by atoms with E-state index in [1.807, 2.05) is 48.5 Å². The van der Waals surface area contributed by atoms with Crippen LogP contribution in [0.15, 0.2) is 67.1 Å². The second kappa shape index (κ2) is 8.28. The second-order valence-corrected chi connectivity index (χ2v) is 7.42. The van der Waals surface area contributed by atoms with Crippen molar-refractivity contribution >= 4 is 45.0 Å². The Morgan fingerprint density at radius 1 is 0.875 bits per heavy atom. The van der Waals surface area contributed by atoms with Crippen molar-refractivity contribution in [1.82, 2.24) is 19.9 Å². The van der Waals surface area contributed by atoms with Crippen LogP contribution >= 0.6 is 11.6 Å². The van der Waals surface area contributed by atoms with Gasteiger partial charge in [-0.1, -0.05) is 23.7 Å². The summed E-state index contributed by atoms with van der Waals surface area (Å²) in [5, 5.41) is 4.70. The fraction of sp³-hybridized carbons (Fsp3) is 0.0833. The van der Waals surface area contributed by atoms with E-state index in [-0.39, 0.29) is 0 Å². The van der Waals surface area contributed by atoms with Gasteiger partial charge in [0.25, 0.3) is 0 Å². The monoisotopic (exact) mass is 443 g/mol. The lowest BCUT2D eigenvalue weighted by Crippen LogP contribution is -1.99. The normalized spacial score (nSPS) is 11.0. The van der Waals surface area contributed by atoms with E-state index in [4.69, 9.17) is 26.1 Å². The molecule has 0 saturated carbocycles. The third kappa shape index (κ3) is 3.63. The molecule has 0 bridgehead atoms. The number of ether oxygens (including phenoxy) is 2. The van der Waals surface area contributed by atoms with Crippen LogP contribution in [0.25, 0.3) is 33.2 Å². The first-order valence-electron chi connectivity index (χ1n) is 9.82. The van der Waals surface area contributed by atoms with Gasteiger partial charge in [0, 0.05) is 17.3 Å². The van der Waals surface area contributed by atoms with E-state index in [1.54, 1.807) is 26.5 Å². The largest absolute Gasteiger partial charge is 0.497 e. The Bertz CT molecular complexity index is 1460. The molecule has 2 heterocycles. The number of hydrogen-bond acceptors (Lipinski definition) is 7. The molecule has 158 valence electrons.